The largest absolute Gasteiger partial charge is 0.273 e. The average molecular weight is 316 g/mol. The van der Waals surface area contributed by atoms with Crippen LogP contribution < -0.4 is 4.72 Å². The molecular formula is C15H16N4O2S. The number of hydrogen-bond acceptors (Lipinski definition) is 4. The number of nitrogens with zero attached hydrogens (tertiary/aromatic N) is 3. The van der Waals surface area contributed by atoms with Crippen LogP contribution in [0.5, 0.6) is 0 Å². The Morgan fingerprint density at radius 3 is 2.82 bits per heavy atom. The fourth-order valence-corrected chi connectivity index (χ4v) is 3.41. The van der Waals surface area contributed by atoms with Crippen LogP contribution in [-0.4, -0.2) is 23.2 Å². The molecule has 0 saturated carbocycles. The van der Waals surface area contributed by atoms with E-state index in [-0.39, 0.29) is 11.4 Å². The molecule has 0 saturated heterocycles. The number of aromatic nitrogens is 3. The quantitative estimate of drug-likeness (QED) is 0.780. The molecule has 3 rings (SSSR count). The number of para-hydroxylation sites is 1. The number of fused-ring (bicyclic) bond motifs is 1. The molecular weight excluding hydrogens is 300 g/mol. The zero-order chi connectivity index (χ0) is 15.6. The Morgan fingerprint density at radius 1 is 1.23 bits per heavy atom. The molecule has 0 amide bonds. The second-order valence-corrected chi connectivity index (χ2v) is 6.60. The van der Waals surface area contributed by atoms with Gasteiger partial charge in [-0.25, -0.2) is 13.1 Å². The fourth-order valence-electron chi connectivity index (χ4n) is 2.22. The summed E-state index contributed by atoms with van der Waals surface area (Å²) in [6, 6.07) is 8.74. The van der Waals surface area contributed by atoms with Gasteiger partial charge in [0, 0.05) is 36.4 Å². The maximum Gasteiger partial charge on any atom is 0.243 e. The van der Waals surface area contributed by atoms with Crippen LogP contribution in [0, 0.1) is 0 Å². The van der Waals surface area contributed by atoms with Crippen molar-refractivity contribution in [1.29, 1.82) is 0 Å². The minimum atomic E-state index is -3.63. The smallest absolute Gasteiger partial charge is 0.243 e. The topological polar surface area (TPSA) is 76.9 Å². The van der Waals surface area contributed by atoms with Crippen LogP contribution in [0.15, 0.2) is 53.8 Å². The number of benzene rings is 1. The first-order valence-corrected chi connectivity index (χ1v) is 8.43. The van der Waals surface area contributed by atoms with Crippen molar-refractivity contribution in [3.63, 3.8) is 0 Å². The summed E-state index contributed by atoms with van der Waals surface area (Å²) in [4.78, 5) is 4.37. The summed E-state index contributed by atoms with van der Waals surface area (Å²) in [5.74, 6) is 0. The van der Waals surface area contributed by atoms with E-state index in [4.69, 9.17) is 0 Å². The molecule has 22 heavy (non-hydrogen) atoms. The van der Waals surface area contributed by atoms with Gasteiger partial charge in [-0.2, -0.15) is 5.10 Å². The van der Waals surface area contributed by atoms with Crippen molar-refractivity contribution >= 4 is 20.9 Å². The predicted molar refractivity (Wildman–Crippen MR) is 83.7 cm³/mol. The summed E-state index contributed by atoms with van der Waals surface area (Å²) in [7, 11) is -3.63. The van der Waals surface area contributed by atoms with Crippen molar-refractivity contribution in [1.82, 2.24) is 19.5 Å². The number of sulfonamides is 1. The molecule has 1 aromatic carbocycles. The Kier molecular flexibility index (Phi) is 3.91. The van der Waals surface area contributed by atoms with E-state index in [1.165, 1.54) is 0 Å². The van der Waals surface area contributed by atoms with Gasteiger partial charge in [0.05, 0.1) is 11.7 Å². The molecule has 0 radical (unpaired) electrons. The summed E-state index contributed by atoms with van der Waals surface area (Å²) in [6.45, 7) is 2.92. The summed E-state index contributed by atoms with van der Waals surface area (Å²) in [5.41, 5.74) is 1.29. The summed E-state index contributed by atoms with van der Waals surface area (Å²) in [6.07, 6.45) is 5.07. The highest BCUT2D eigenvalue weighted by atomic mass is 32.2. The maximum absolute atomic E-state index is 12.5. The highest BCUT2D eigenvalue weighted by Crippen LogP contribution is 2.20. The second-order valence-electron chi connectivity index (χ2n) is 4.86. The van der Waals surface area contributed by atoms with Crippen LogP contribution in [-0.2, 0) is 23.1 Å². The van der Waals surface area contributed by atoms with Gasteiger partial charge in [0.2, 0.25) is 10.0 Å². The minimum absolute atomic E-state index is 0.188. The predicted octanol–water partition coefficient (Wildman–Crippen LogP) is 1.93. The van der Waals surface area contributed by atoms with Crippen LogP contribution in [0.4, 0.5) is 0 Å². The molecule has 114 valence electrons. The molecule has 0 aliphatic rings. The van der Waals surface area contributed by atoms with Crippen LogP contribution in [0.1, 0.15) is 12.5 Å². The van der Waals surface area contributed by atoms with E-state index in [1.807, 2.05) is 25.3 Å². The first kappa shape index (κ1) is 14.7. The number of aryl methyl sites for hydroxylation is 1. The van der Waals surface area contributed by atoms with Gasteiger partial charge in [-0.15, -0.1) is 0 Å². The lowest BCUT2D eigenvalue weighted by Crippen LogP contribution is -2.23. The molecule has 2 aromatic heterocycles. The Labute approximate surface area is 128 Å². The van der Waals surface area contributed by atoms with Crippen molar-refractivity contribution in [3.8, 4) is 0 Å². The molecule has 0 aliphatic carbocycles. The first-order valence-electron chi connectivity index (χ1n) is 6.95. The van der Waals surface area contributed by atoms with E-state index >= 15 is 0 Å². The van der Waals surface area contributed by atoms with Crippen molar-refractivity contribution < 1.29 is 8.42 Å². The zero-order valence-electron chi connectivity index (χ0n) is 12.1. The lowest BCUT2D eigenvalue weighted by atomic mass is 10.2. The monoisotopic (exact) mass is 316 g/mol. The third kappa shape index (κ3) is 2.86. The Bertz CT molecular complexity index is 897. The normalized spacial score (nSPS) is 11.9. The van der Waals surface area contributed by atoms with Gasteiger partial charge >= 0.3 is 0 Å². The van der Waals surface area contributed by atoms with Gasteiger partial charge in [0.1, 0.15) is 4.90 Å². The van der Waals surface area contributed by atoms with Gasteiger partial charge in [0.25, 0.3) is 0 Å². The van der Waals surface area contributed by atoms with Crippen LogP contribution in [0.2, 0.25) is 0 Å². The van der Waals surface area contributed by atoms with Crippen molar-refractivity contribution in [2.75, 3.05) is 0 Å². The maximum atomic E-state index is 12.5. The third-order valence-electron chi connectivity index (χ3n) is 3.36. The highest BCUT2D eigenvalue weighted by molar-refractivity contribution is 7.89. The third-order valence-corrected chi connectivity index (χ3v) is 4.80. The van der Waals surface area contributed by atoms with E-state index in [9.17, 15) is 8.42 Å². The molecule has 0 bridgehead atoms. The van der Waals surface area contributed by atoms with E-state index in [1.54, 1.807) is 35.3 Å². The Morgan fingerprint density at radius 2 is 2.05 bits per heavy atom. The molecule has 2 heterocycles. The number of nitrogens with one attached hydrogen (secondary N) is 1. The fraction of sp³-hybridized carbons (Fsp3) is 0.200. The van der Waals surface area contributed by atoms with Crippen LogP contribution in [0.25, 0.3) is 10.9 Å². The number of pyridine rings is 1. The Hall–Kier alpha value is -2.25. The minimum Gasteiger partial charge on any atom is -0.273 e. The van der Waals surface area contributed by atoms with Gasteiger partial charge in [-0.1, -0.05) is 18.2 Å². The van der Waals surface area contributed by atoms with Gasteiger partial charge in [0.15, 0.2) is 0 Å². The van der Waals surface area contributed by atoms with Crippen molar-refractivity contribution in [2.24, 2.45) is 0 Å². The molecule has 3 aromatic rings. The van der Waals surface area contributed by atoms with E-state index in [0.29, 0.717) is 5.52 Å². The van der Waals surface area contributed by atoms with Gasteiger partial charge < -0.3 is 0 Å². The SMILES string of the molecule is CCn1cc(CNS(=O)(=O)c2cccc3cccnc23)cn1. The average Bonchev–Trinajstić information content (AvgIpc) is 3.00. The lowest BCUT2D eigenvalue weighted by Gasteiger charge is -2.08. The molecule has 0 fully saturated rings. The van der Waals surface area contributed by atoms with E-state index in [2.05, 4.69) is 14.8 Å². The van der Waals surface area contributed by atoms with Crippen LogP contribution >= 0.6 is 0 Å². The van der Waals surface area contributed by atoms with Gasteiger partial charge in [-0.05, 0) is 19.1 Å². The molecule has 6 nitrogen and oxygen atoms in total. The number of rotatable bonds is 5. The molecule has 0 unspecified atom stereocenters. The molecule has 7 heteroatoms. The van der Waals surface area contributed by atoms with Crippen LogP contribution in [0.3, 0.4) is 0 Å². The summed E-state index contributed by atoms with van der Waals surface area (Å²) >= 11 is 0. The van der Waals surface area contributed by atoms with E-state index in [0.717, 1.165) is 17.5 Å². The first-order chi connectivity index (χ1) is 10.6. The number of hydrogen-bond donors (Lipinski definition) is 1. The molecule has 0 atom stereocenters. The van der Waals surface area contributed by atoms with Gasteiger partial charge in [-0.3, -0.25) is 9.67 Å². The van der Waals surface area contributed by atoms with E-state index < -0.39 is 10.0 Å². The second kappa shape index (κ2) is 5.86. The zero-order valence-corrected chi connectivity index (χ0v) is 12.9. The highest BCUT2D eigenvalue weighted by Gasteiger charge is 2.17. The summed E-state index contributed by atoms with van der Waals surface area (Å²) < 4.78 is 29.4. The standard InChI is InChI=1S/C15H16N4O2S/c1-2-19-11-12(9-17-19)10-18-22(20,21)14-7-3-5-13-6-4-8-16-15(13)14/h3-9,11,18H,2,10H2,1H3. The lowest BCUT2D eigenvalue weighted by molar-refractivity contribution is 0.582. The molecule has 1 N–H and O–H groups in total. The van der Waals surface area contributed by atoms with Crippen molar-refractivity contribution in [3.05, 3.63) is 54.5 Å². The Balaban J connectivity index is 1.88. The van der Waals surface area contributed by atoms with Crippen molar-refractivity contribution in [2.45, 2.75) is 24.9 Å². The molecule has 0 spiro atoms. The molecule has 0 aliphatic heterocycles. The summed E-state index contributed by atoms with van der Waals surface area (Å²) in [5, 5.41) is 4.92.